The van der Waals surface area contributed by atoms with Crippen LogP contribution in [0.1, 0.15) is 29.7 Å². The maximum Gasteiger partial charge on any atom is 0.490 e. The number of hydrogen-bond acceptors (Lipinski definition) is 6. The van der Waals surface area contributed by atoms with Gasteiger partial charge in [0.25, 0.3) is 0 Å². The second-order valence-corrected chi connectivity index (χ2v) is 9.66. The van der Waals surface area contributed by atoms with Crippen molar-refractivity contribution in [3.63, 3.8) is 0 Å². The van der Waals surface area contributed by atoms with E-state index in [2.05, 4.69) is 4.74 Å². The molecule has 0 amide bonds. The van der Waals surface area contributed by atoms with Gasteiger partial charge in [0.05, 0.1) is 12.8 Å². The van der Waals surface area contributed by atoms with Gasteiger partial charge in [-0.2, -0.15) is 17.5 Å². The number of piperidine rings is 1. The van der Waals surface area contributed by atoms with Gasteiger partial charge in [-0.15, -0.1) is 0 Å². The quantitative estimate of drug-likeness (QED) is 0.380. The number of carbonyl (C=O) groups excluding carboxylic acids is 1. The van der Waals surface area contributed by atoms with Crippen LogP contribution >= 0.6 is 0 Å². The maximum absolute atomic E-state index is 14.4. The smallest absolute Gasteiger partial charge is 0.486 e. The summed E-state index contributed by atoms with van der Waals surface area (Å²) in [6.45, 7) is 0.185. The number of benzene rings is 2. The van der Waals surface area contributed by atoms with E-state index < -0.39 is 40.3 Å². The summed E-state index contributed by atoms with van der Waals surface area (Å²) in [6.07, 6.45) is -6.36. The fourth-order valence-corrected chi connectivity index (χ4v) is 4.44. The number of nitrogens with zero attached hydrogens (tertiary/aromatic N) is 1. The molecule has 33 heavy (non-hydrogen) atoms. The van der Waals surface area contributed by atoms with Crippen molar-refractivity contribution in [2.45, 2.75) is 30.8 Å². The molecule has 0 radical (unpaired) electrons. The molecule has 0 spiro atoms. The van der Waals surface area contributed by atoms with Crippen LogP contribution in [0.2, 0.25) is 0 Å². The topological polar surface area (TPSA) is 98.9 Å². The Morgan fingerprint density at radius 2 is 1.82 bits per heavy atom. The van der Waals surface area contributed by atoms with Crippen molar-refractivity contribution in [3.8, 4) is 5.75 Å². The molecular weight excluding hydrogens is 468 g/mol. The number of halogens is 4. The van der Waals surface area contributed by atoms with Gasteiger partial charge in [-0.3, -0.25) is 5.73 Å². The molecule has 1 unspecified atom stereocenters. The molecule has 1 aliphatic heterocycles. The molecule has 1 aliphatic rings. The zero-order chi connectivity index (χ0) is 24.4. The third kappa shape index (κ3) is 6.42. The lowest BCUT2D eigenvalue weighted by Crippen LogP contribution is -2.47. The lowest BCUT2D eigenvalue weighted by molar-refractivity contribution is -0.205. The Kier molecular flexibility index (Phi) is 7.29. The molecule has 3 rings (SSSR count). The fraction of sp³-hybridized carbons (Fsp3) is 0.381. The molecule has 2 aromatic rings. The monoisotopic (exact) mass is 490 g/mol. The van der Waals surface area contributed by atoms with Crippen molar-refractivity contribution < 1.29 is 40.2 Å². The van der Waals surface area contributed by atoms with Crippen LogP contribution < -0.4 is 10.5 Å². The lowest BCUT2D eigenvalue weighted by Gasteiger charge is -2.36. The highest BCUT2D eigenvalue weighted by atomic mass is 32.2. The summed E-state index contributed by atoms with van der Waals surface area (Å²) >= 11 is 0. The Hall–Kier alpha value is -2.70. The number of sulfonamides is 1. The van der Waals surface area contributed by atoms with Gasteiger partial charge >= 0.3 is 12.1 Å². The summed E-state index contributed by atoms with van der Waals surface area (Å²) in [6, 6.07) is 12.2. The largest absolute Gasteiger partial charge is 0.490 e. The molecule has 180 valence electrons. The molecule has 2 aromatic carbocycles. The Bertz CT molecular complexity index is 1100. The standard InChI is InChI=1S/C21H22F4N2O5S/c1-33(29,30)27-11-15(13-5-3-2-4-6-13)9-16(12-27)31-18-10-14(7-8-17(18)22)19(26)32-20(28)21(23,24)25/h2-8,10,15-16,19H,9,11-12,26H2,1H3/t15-,16-,19?/m0/s1. The minimum Gasteiger partial charge on any atom is -0.486 e. The second-order valence-electron chi connectivity index (χ2n) is 7.68. The predicted octanol–water partition coefficient (Wildman–Crippen LogP) is 3.08. The van der Waals surface area contributed by atoms with Crippen LogP contribution in [0.4, 0.5) is 17.6 Å². The van der Waals surface area contributed by atoms with E-state index in [9.17, 15) is 30.8 Å². The maximum atomic E-state index is 14.4. The molecule has 0 aromatic heterocycles. The first-order chi connectivity index (χ1) is 15.3. The first kappa shape index (κ1) is 24.9. The highest BCUT2D eigenvalue weighted by molar-refractivity contribution is 7.88. The van der Waals surface area contributed by atoms with E-state index in [1.54, 1.807) is 0 Å². The zero-order valence-corrected chi connectivity index (χ0v) is 18.3. The molecule has 0 bridgehead atoms. The van der Waals surface area contributed by atoms with E-state index in [0.29, 0.717) is 6.42 Å². The number of rotatable bonds is 6. The number of alkyl halides is 3. The molecular formula is C21H22F4N2O5S. The number of nitrogens with two attached hydrogens (primary N) is 1. The highest BCUT2D eigenvalue weighted by Gasteiger charge is 2.42. The van der Waals surface area contributed by atoms with Gasteiger partial charge in [0.15, 0.2) is 17.8 Å². The number of ether oxygens (including phenoxy) is 2. The van der Waals surface area contributed by atoms with Crippen LogP contribution in [0.25, 0.3) is 0 Å². The summed E-state index contributed by atoms with van der Waals surface area (Å²) in [5.74, 6) is -3.89. The average molecular weight is 490 g/mol. The Morgan fingerprint density at radius 1 is 1.15 bits per heavy atom. The van der Waals surface area contributed by atoms with E-state index >= 15 is 0 Å². The summed E-state index contributed by atoms with van der Waals surface area (Å²) in [4.78, 5) is 11.0. The normalized spacial score (nSPS) is 20.8. The first-order valence-electron chi connectivity index (χ1n) is 9.84. The second kappa shape index (κ2) is 9.65. The van der Waals surface area contributed by atoms with Gasteiger partial charge in [0.1, 0.15) is 6.10 Å². The summed E-state index contributed by atoms with van der Waals surface area (Å²) < 4.78 is 87.2. The van der Waals surface area contributed by atoms with Crippen LogP contribution in [-0.4, -0.2) is 50.3 Å². The molecule has 2 N–H and O–H groups in total. The molecule has 0 aliphatic carbocycles. The number of carbonyl (C=O) groups is 1. The summed E-state index contributed by atoms with van der Waals surface area (Å²) in [7, 11) is -3.58. The van der Waals surface area contributed by atoms with Gasteiger partial charge in [0.2, 0.25) is 10.0 Å². The van der Waals surface area contributed by atoms with E-state index in [4.69, 9.17) is 10.5 Å². The van der Waals surface area contributed by atoms with Crippen LogP contribution in [-0.2, 0) is 19.6 Å². The van der Waals surface area contributed by atoms with E-state index in [-0.39, 0.29) is 30.3 Å². The van der Waals surface area contributed by atoms with Gasteiger partial charge in [0, 0.05) is 18.0 Å². The van der Waals surface area contributed by atoms with Crippen molar-refractivity contribution >= 4 is 16.0 Å². The van der Waals surface area contributed by atoms with Crippen molar-refractivity contribution in [2.24, 2.45) is 5.73 Å². The Morgan fingerprint density at radius 3 is 2.42 bits per heavy atom. The number of esters is 1. The lowest BCUT2D eigenvalue weighted by atomic mass is 9.90. The Labute approximate surface area is 188 Å². The number of hydrogen-bond donors (Lipinski definition) is 1. The molecule has 7 nitrogen and oxygen atoms in total. The van der Waals surface area contributed by atoms with Crippen LogP contribution in [0.5, 0.6) is 5.75 Å². The predicted molar refractivity (Wildman–Crippen MR) is 110 cm³/mol. The molecule has 1 heterocycles. The molecule has 12 heteroatoms. The molecule has 3 atom stereocenters. The van der Waals surface area contributed by atoms with Gasteiger partial charge in [-0.1, -0.05) is 36.4 Å². The van der Waals surface area contributed by atoms with Crippen LogP contribution in [0.15, 0.2) is 48.5 Å². The zero-order valence-electron chi connectivity index (χ0n) is 17.5. The third-order valence-electron chi connectivity index (χ3n) is 5.16. The van der Waals surface area contributed by atoms with Crippen LogP contribution in [0, 0.1) is 5.82 Å². The van der Waals surface area contributed by atoms with E-state index in [0.717, 1.165) is 30.0 Å². The Balaban J connectivity index is 1.82. The fourth-order valence-electron chi connectivity index (χ4n) is 3.55. The van der Waals surface area contributed by atoms with Crippen molar-refractivity contribution in [1.29, 1.82) is 0 Å². The van der Waals surface area contributed by atoms with Crippen molar-refractivity contribution in [1.82, 2.24) is 4.31 Å². The van der Waals surface area contributed by atoms with E-state index in [1.807, 2.05) is 30.3 Å². The summed E-state index contributed by atoms with van der Waals surface area (Å²) in [5.41, 5.74) is 6.27. The van der Waals surface area contributed by atoms with Crippen molar-refractivity contribution in [3.05, 3.63) is 65.5 Å². The summed E-state index contributed by atoms with van der Waals surface area (Å²) in [5, 5.41) is 0. The van der Waals surface area contributed by atoms with E-state index in [1.165, 1.54) is 4.31 Å². The van der Waals surface area contributed by atoms with Gasteiger partial charge in [-0.05, 0) is 24.1 Å². The molecule has 1 fully saturated rings. The third-order valence-corrected chi connectivity index (χ3v) is 6.40. The minimum absolute atomic E-state index is 0.0407. The molecule has 0 saturated carbocycles. The average Bonchev–Trinajstić information content (AvgIpc) is 2.74. The molecule has 1 saturated heterocycles. The van der Waals surface area contributed by atoms with Crippen molar-refractivity contribution in [2.75, 3.05) is 19.3 Å². The SMILES string of the molecule is CS(=O)(=O)N1C[C@@H](Oc2cc(C(N)OC(=O)C(F)(F)F)ccc2F)C[C@H](c2ccccc2)C1. The van der Waals surface area contributed by atoms with Crippen LogP contribution in [0.3, 0.4) is 0 Å². The van der Waals surface area contributed by atoms with Gasteiger partial charge < -0.3 is 9.47 Å². The highest BCUT2D eigenvalue weighted by Crippen LogP contribution is 2.32. The first-order valence-corrected chi connectivity index (χ1v) is 11.7. The van der Waals surface area contributed by atoms with Gasteiger partial charge in [-0.25, -0.2) is 17.6 Å². The minimum atomic E-state index is -5.24.